The molecule has 0 bridgehead atoms. The van der Waals surface area contributed by atoms with Crippen LogP contribution in [0.1, 0.15) is 23.0 Å². The number of hydrogen-bond donors (Lipinski definition) is 1. The molecule has 1 atom stereocenters. The molecule has 1 amide bonds. The molecule has 3 rings (SSSR count). The standard InChI is InChI=1S/C19H19N3O4S/c1-12-13-6-3-4-7-14(13)19(25)22(21-12)11-17(23)20-15(10-18(24)26-2)16-8-5-9-27-16/h3-9,15H,10-11H2,1-2H3,(H,20,23). The molecule has 0 saturated carbocycles. The first-order valence-electron chi connectivity index (χ1n) is 8.35. The van der Waals surface area contributed by atoms with Gasteiger partial charge in [-0.1, -0.05) is 24.3 Å². The number of carbonyl (C=O) groups excluding carboxylic acids is 2. The third-order valence-electron chi connectivity index (χ3n) is 4.17. The number of esters is 1. The fourth-order valence-electron chi connectivity index (χ4n) is 2.85. The Kier molecular flexibility index (Phi) is 5.66. The Morgan fingerprint density at radius 3 is 2.63 bits per heavy atom. The van der Waals surface area contributed by atoms with E-state index in [0.717, 1.165) is 14.9 Å². The summed E-state index contributed by atoms with van der Waals surface area (Å²) in [5.74, 6) is -0.827. The predicted molar refractivity (Wildman–Crippen MR) is 103 cm³/mol. The number of fused-ring (bicyclic) bond motifs is 1. The molecule has 0 aliphatic carbocycles. The highest BCUT2D eigenvalue weighted by atomic mass is 32.1. The van der Waals surface area contributed by atoms with Crippen LogP contribution in [-0.2, 0) is 20.9 Å². The van der Waals surface area contributed by atoms with Crippen LogP contribution >= 0.6 is 11.3 Å². The first kappa shape index (κ1) is 18.8. The van der Waals surface area contributed by atoms with Crippen LogP contribution in [0.2, 0.25) is 0 Å². The number of aryl methyl sites for hydroxylation is 1. The van der Waals surface area contributed by atoms with Gasteiger partial charge < -0.3 is 10.1 Å². The van der Waals surface area contributed by atoms with Crippen LogP contribution in [0, 0.1) is 6.92 Å². The van der Waals surface area contributed by atoms with Crippen LogP contribution in [0.25, 0.3) is 10.8 Å². The fraction of sp³-hybridized carbons (Fsp3) is 0.263. The summed E-state index contributed by atoms with van der Waals surface area (Å²) in [4.78, 5) is 37.6. The Morgan fingerprint density at radius 1 is 1.22 bits per heavy atom. The molecule has 0 aliphatic heterocycles. The van der Waals surface area contributed by atoms with Gasteiger partial charge >= 0.3 is 5.97 Å². The summed E-state index contributed by atoms with van der Waals surface area (Å²) in [5.41, 5.74) is 0.342. The average molecular weight is 385 g/mol. The number of nitrogens with zero attached hydrogens (tertiary/aromatic N) is 2. The maximum absolute atomic E-state index is 12.6. The third kappa shape index (κ3) is 4.22. The maximum Gasteiger partial charge on any atom is 0.307 e. The highest BCUT2D eigenvalue weighted by Crippen LogP contribution is 2.22. The van der Waals surface area contributed by atoms with E-state index < -0.39 is 17.9 Å². The van der Waals surface area contributed by atoms with Gasteiger partial charge in [0.1, 0.15) is 6.54 Å². The zero-order chi connectivity index (χ0) is 19.4. The van der Waals surface area contributed by atoms with Gasteiger partial charge in [0.2, 0.25) is 5.91 Å². The molecule has 1 aromatic carbocycles. The van der Waals surface area contributed by atoms with Gasteiger partial charge in [0.25, 0.3) is 5.56 Å². The zero-order valence-electron chi connectivity index (χ0n) is 15.0. The highest BCUT2D eigenvalue weighted by molar-refractivity contribution is 7.10. The smallest absolute Gasteiger partial charge is 0.307 e. The Labute approximate surface area is 159 Å². The van der Waals surface area contributed by atoms with Crippen molar-refractivity contribution in [2.45, 2.75) is 25.9 Å². The molecule has 2 aromatic heterocycles. The van der Waals surface area contributed by atoms with Crippen LogP contribution in [-0.4, -0.2) is 28.8 Å². The molecule has 0 spiro atoms. The van der Waals surface area contributed by atoms with Crippen molar-refractivity contribution in [3.63, 3.8) is 0 Å². The van der Waals surface area contributed by atoms with Gasteiger partial charge in [-0.15, -0.1) is 11.3 Å². The predicted octanol–water partition coefficient (Wildman–Crippen LogP) is 2.19. The Bertz CT molecular complexity index is 1030. The van der Waals surface area contributed by atoms with Gasteiger partial charge in [-0.3, -0.25) is 14.4 Å². The second-order valence-corrected chi connectivity index (χ2v) is 6.99. The topological polar surface area (TPSA) is 90.3 Å². The molecule has 27 heavy (non-hydrogen) atoms. The van der Waals surface area contributed by atoms with Gasteiger partial charge in [-0.05, 0) is 24.4 Å². The van der Waals surface area contributed by atoms with Gasteiger partial charge in [-0.25, -0.2) is 4.68 Å². The van der Waals surface area contributed by atoms with E-state index in [2.05, 4.69) is 10.4 Å². The van der Waals surface area contributed by atoms with Crippen molar-refractivity contribution >= 4 is 34.0 Å². The number of benzene rings is 1. The summed E-state index contributed by atoms with van der Waals surface area (Å²) >= 11 is 1.43. The van der Waals surface area contributed by atoms with E-state index in [1.54, 1.807) is 19.1 Å². The van der Waals surface area contributed by atoms with Gasteiger partial charge in [0.05, 0.1) is 30.7 Å². The molecular formula is C19H19N3O4S. The SMILES string of the molecule is COC(=O)CC(NC(=O)Cn1nc(C)c2ccccc2c1=O)c1cccs1. The molecule has 0 aliphatic rings. The van der Waals surface area contributed by atoms with Crippen LogP contribution in [0.15, 0.2) is 46.6 Å². The quantitative estimate of drug-likeness (QED) is 0.657. The van der Waals surface area contributed by atoms with Crippen LogP contribution in [0.5, 0.6) is 0 Å². The molecule has 8 heteroatoms. The number of thiophene rings is 1. The number of carbonyl (C=O) groups is 2. The van der Waals surface area contributed by atoms with Crippen molar-refractivity contribution in [2.24, 2.45) is 0 Å². The Balaban J connectivity index is 1.82. The van der Waals surface area contributed by atoms with Gasteiger partial charge in [-0.2, -0.15) is 5.10 Å². The second-order valence-electron chi connectivity index (χ2n) is 6.01. The molecule has 1 unspecified atom stereocenters. The fourth-order valence-corrected chi connectivity index (χ4v) is 3.63. The monoisotopic (exact) mass is 385 g/mol. The summed E-state index contributed by atoms with van der Waals surface area (Å²) in [7, 11) is 1.30. The van der Waals surface area contributed by atoms with Gasteiger partial charge in [0.15, 0.2) is 0 Å². The number of ether oxygens (including phenoxy) is 1. The molecular weight excluding hydrogens is 366 g/mol. The molecule has 140 valence electrons. The number of hydrogen-bond acceptors (Lipinski definition) is 6. The minimum absolute atomic E-state index is 0.0157. The van der Waals surface area contributed by atoms with E-state index >= 15 is 0 Å². The molecule has 0 radical (unpaired) electrons. The zero-order valence-corrected chi connectivity index (χ0v) is 15.8. The normalized spacial score (nSPS) is 11.9. The lowest BCUT2D eigenvalue weighted by molar-refractivity contribution is -0.141. The number of aromatic nitrogens is 2. The van der Waals surface area contributed by atoms with E-state index in [-0.39, 0.29) is 18.5 Å². The number of rotatable bonds is 6. The largest absolute Gasteiger partial charge is 0.469 e. The lowest BCUT2D eigenvalue weighted by Gasteiger charge is -2.17. The van der Waals surface area contributed by atoms with Crippen molar-refractivity contribution < 1.29 is 14.3 Å². The summed E-state index contributed by atoms with van der Waals surface area (Å²) in [6, 6.07) is 10.3. The van der Waals surface area contributed by atoms with Crippen molar-refractivity contribution in [2.75, 3.05) is 7.11 Å². The van der Waals surface area contributed by atoms with Crippen molar-refractivity contribution in [3.05, 3.63) is 62.7 Å². The first-order chi connectivity index (χ1) is 13.0. The van der Waals surface area contributed by atoms with Crippen LogP contribution in [0.4, 0.5) is 0 Å². The van der Waals surface area contributed by atoms with E-state index in [1.807, 2.05) is 29.6 Å². The minimum atomic E-state index is -0.512. The molecule has 0 fully saturated rings. The average Bonchev–Trinajstić information content (AvgIpc) is 3.20. The van der Waals surface area contributed by atoms with Gasteiger partial charge in [0, 0.05) is 10.3 Å². The van der Waals surface area contributed by atoms with E-state index in [4.69, 9.17) is 4.74 Å². The van der Waals surface area contributed by atoms with E-state index in [1.165, 1.54) is 18.4 Å². The molecule has 1 N–H and O–H groups in total. The summed E-state index contributed by atoms with van der Waals surface area (Å²) in [6.45, 7) is 1.56. The molecule has 7 nitrogen and oxygen atoms in total. The van der Waals surface area contributed by atoms with Crippen molar-refractivity contribution in [1.29, 1.82) is 0 Å². The van der Waals surface area contributed by atoms with Crippen molar-refractivity contribution in [3.8, 4) is 0 Å². The minimum Gasteiger partial charge on any atom is -0.469 e. The Morgan fingerprint density at radius 2 is 1.96 bits per heavy atom. The molecule has 3 aromatic rings. The highest BCUT2D eigenvalue weighted by Gasteiger charge is 2.20. The first-order valence-corrected chi connectivity index (χ1v) is 9.23. The van der Waals surface area contributed by atoms with E-state index in [9.17, 15) is 14.4 Å². The lowest BCUT2D eigenvalue weighted by Crippen LogP contribution is -2.36. The number of methoxy groups -OCH3 is 1. The summed E-state index contributed by atoms with van der Waals surface area (Å²) in [6.07, 6.45) is 0.0157. The second kappa shape index (κ2) is 8.13. The summed E-state index contributed by atoms with van der Waals surface area (Å²) < 4.78 is 5.86. The van der Waals surface area contributed by atoms with Crippen LogP contribution in [0.3, 0.4) is 0 Å². The lowest BCUT2D eigenvalue weighted by atomic mass is 10.1. The third-order valence-corrected chi connectivity index (χ3v) is 5.15. The summed E-state index contributed by atoms with van der Waals surface area (Å²) in [5, 5.41) is 10.2. The molecule has 0 saturated heterocycles. The molecule has 2 heterocycles. The van der Waals surface area contributed by atoms with Crippen LogP contribution < -0.4 is 10.9 Å². The number of nitrogens with one attached hydrogen (secondary N) is 1. The number of amides is 1. The van der Waals surface area contributed by atoms with E-state index in [0.29, 0.717) is 11.1 Å². The van der Waals surface area contributed by atoms with Crippen molar-refractivity contribution in [1.82, 2.24) is 15.1 Å². The Hall–Kier alpha value is -3.00. The maximum atomic E-state index is 12.6.